The zero-order valence-electron chi connectivity index (χ0n) is 23.6. The van der Waals surface area contributed by atoms with Crippen molar-refractivity contribution in [3.63, 3.8) is 0 Å². The van der Waals surface area contributed by atoms with Gasteiger partial charge in [0.25, 0.3) is 0 Å². The van der Waals surface area contributed by atoms with Crippen molar-refractivity contribution in [2.24, 2.45) is 5.92 Å². The second-order valence-corrected chi connectivity index (χ2v) is 10.3. The standard InChI is InChI=1S/C27H40N4O8S/c1-6-22(32)29-20(13-18-10-8-7-9-11-18)26(36)31-19(12-17(2)3)25(35)28-14-23(33)30-21(27(37)39-5)15-40-16-24(34)38-4/h7-11,17,19-21H,6,12-16H2,1-5H3,(H,28,35)(H,29,32)(H,30,33)(H,31,36)/t19-,20-,21-/m0/s1. The van der Waals surface area contributed by atoms with Gasteiger partial charge in [-0.05, 0) is 17.9 Å². The van der Waals surface area contributed by atoms with Crippen LogP contribution in [0.2, 0.25) is 0 Å². The second-order valence-electron chi connectivity index (χ2n) is 9.31. The van der Waals surface area contributed by atoms with Crippen LogP contribution in [0.1, 0.15) is 39.2 Å². The second kappa shape index (κ2) is 18.6. The Kier molecular flexibility index (Phi) is 16.0. The maximum atomic E-state index is 13.2. The molecule has 3 atom stereocenters. The maximum absolute atomic E-state index is 13.2. The summed E-state index contributed by atoms with van der Waals surface area (Å²) in [6, 6.07) is 6.26. The summed E-state index contributed by atoms with van der Waals surface area (Å²) in [7, 11) is 2.41. The molecule has 0 saturated heterocycles. The minimum Gasteiger partial charge on any atom is -0.468 e. The van der Waals surface area contributed by atoms with Gasteiger partial charge in [0.05, 0.1) is 26.5 Å². The summed E-state index contributed by atoms with van der Waals surface area (Å²) >= 11 is 1.08. The van der Waals surface area contributed by atoms with E-state index in [-0.39, 0.29) is 42.6 Å². The first-order chi connectivity index (χ1) is 19.0. The van der Waals surface area contributed by atoms with E-state index >= 15 is 0 Å². The molecule has 0 radical (unpaired) electrons. The number of nitrogens with one attached hydrogen (secondary N) is 4. The summed E-state index contributed by atoms with van der Waals surface area (Å²) in [6.45, 7) is 4.98. The number of benzene rings is 1. The maximum Gasteiger partial charge on any atom is 0.329 e. The SMILES string of the molecule is CCC(=O)N[C@@H](Cc1ccccc1)C(=O)N[C@@H](CC(C)C)C(=O)NCC(=O)N[C@@H](CSCC(=O)OC)C(=O)OC. The lowest BCUT2D eigenvalue weighted by molar-refractivity contribution is -0.144. The molecule has 222 valence electrons. The molecule has 4 N–H and O–H groups in total. The predicted molar refractivity (Wildman–Crippen MR) is 150 cm³/mol. The lowest BCUT2D eigenvalue weighted by atomic mass is 10.0. The zero-order valence-corrected chi connectivity index (χ0v) is 24.4. The molecule has 0 aromatic heterocycles. The fourth-order valence-electron chi connectivity index (χ4n) is 3.50. The topological polar surface area (TPSA) is 169 Å². The Morgan fingerprint density at radius 1 is 0.825 bits per heavy atom. The number of thioether (sulfide) groups is 1. The van der Waals surface area contributed by atoms with Crippen LogP contribution in [0.5, 0.6) is 0 Å². The first kappa shape index (κ1) is 34.4. The minimum absolute atomic E-state index is 0.0167. The molecular formula is C27H40N4O8S. The lowest BCUT2D eigenvalue weighted by Crippen LogP contribution is -2.55. The fourth-order valence-corrected chi connectivity index (χ4v) is 4.35. The number of methoxy groups -OCH3 is 2. The highest BCUT2D eigenvalue weighted by Crippen LogP contribution is 2.09. The van der Waals surface area contributed by atoms with Gasteiger partial charge in [-0.25, -0.2) is 4.79 Å². The van der Waals surface area contributed by atoms with Crippen LogP contribution in [-0.2, 0) is 44.7 Å². The molecule has 0 fully saturated rings. The summed E-state index contributed by atoms with van der Waals surface area (Å²) in [4.78, 5) is 74.1. The van der Waals surface area contributed by atoms with Gasteiger partial charge in [-0.1, -0.05) is 51.1 Å². The Bertz CT molecular complexity index is 1010. The summed E-state index contributed by atoms with van der Waals surface area (Å²) in [6.07, 6.45) is 0.713. The largest absolute Gasteiger partial charge is 0.468 e. The van der Waals surface area contributed by atoms with Crippen LogP contribution in [0.4, 0.5) is 0 Å². The molecule has 0 bridgehead atoms. The van der Waals surface area contributed by atoms with E-state index < -0.39 is 54.3 Å². The van der Waals surface area contributed by atoms with E-state index in [1.165, 1.54) is 14.2 Å². The Labute approximate surface area is 239 Å². The van der Waals surface area contributed by atoms with Gasteiger partial charge < -0.3 is 30.7 Å². The van der Waals surface area contributed by atoms with Crippen LogP contribution in [-0.4, -0.2) is 86.0 Å². The molecule has 1 rings (SSSR count). The van der Waals surface area contributed by atoms with Gasteiger partial charge in [0, 0.05) is 18.6 Å². The van der Waals surface area contributed by atoms with Crippen molar-refractivity contribution in [2.45, 2.75) is 58.2 Å². The van der Waals surface area contributed by atoms with Crippen LogP contribution in [0.25, 0.3) is 0 Å². The molecule has 4 amide bonds. The highest BCUT2D eigenvalue weighted by atomic mass is 32.2. The molecule has 0 spiro atoms. The van der Waals surface area contributed by atoms with Crippen LogP contribution >= 0.6 is 11.8 Å². The van der Waals surface area contributed by atoms with E-state index in [4.69, 9.17) is 4.74 Å². The third-order valence-corrected chi connectivity index (χ3v) is 6.58. The third kappa shape index (κ3) is 13.5. The smallest absolute Gasteiger partial charge is 0.329 e. The van der Waals surface area contributed by atoms with E-state index in [9.17, 15) is 28.8 Å². The van der Waals surface area contributed by atoms with Crippen LogP contribution in [0.15, 0.2) is 30.3 Å². The first-order valence-corrected chi connectivity index (χ1v) is 14.1. The van der Waals surface area contributed by atoms with Gasteiger partial charge >= 0.3 is 11.9 Å². The molecular weight excluding hydrogens is 540 g/mol. The molecule has 0 unspecified atom stereocenters. The Morgan fingerprint density at radius 3 is 2.05 bits per heavy atom. The molecule has 1 aromatic rings. The lowest BCUT2D eigenvalue weighted by Gasteiger charge is -2.24. The first-order valence-electron chi connectivity index (χ1n) is 12.9. The van der Waals surface area contributed by atoms with Crippen LogP contribution in [0, 0.1) is 5.92 Å². The van der Waals surface area contributed by atoms with Crippen LogP contribution < -0.4 is 21.3 Å². The highest BCUT2D eigenvalue weighted by Gasteiger charge is 2.28. The van der Waals surface area contributed by atoms with E-state index in [1.54, 1.807) is 6.92 Å². The van der Waals surface area contributed by atoms with Crippen molar-refractivity contribution < 1.29 is 38.2 Å². The van der Waals surface area contributed by atoms with E-state index in [0.29, 0.717) is 0 Å². The summed E-state index contributed by atoms with van der Waals surface area (Å²) in [5, 5.41) is 10.4. The van der Waals surface area contributed by atoms with Crippen molar-refractivity contribution in [3.8, 4) is 0 Å². The molecule has 0 aliphatic heterocycles. The predicted octanol–water partition coefficient (Wildman–Crippen LogP) is 0.335. The average molecular weight is 581 g/mol. The van der Waals surface area contributed by atoms with Crippen molar-refractivity contribution >= 4 is 47.3 Å². The molecule has 40 heavy (non-hydrogen) atoms. The number of ether oxygens (including phenoxy) is 2. The van der Waals surface area contributed by atoms with Gasteiger partial charge in [-0.2, -0.15) is 0 Å². The van der Waals surface area contributed by atoms with E-state index in [0.717, 1.165) is 17.3 Å². The van der Waals surface area contributed by atoms with Crippen molar-refractivity contribution in [1.82, 2.24) is 21.3 Å². The Morgan fingerprint density at radius 2 is 1.48 bits per heavy atom. The molecule has 0 aliphatic carbocycles. The summed E-state index contributed by atoms with van der Waals surface area (Å²) in [5.74, 6) is -3.20. The van der Waals surface area contributed by atoms with Gasteiger partial charge in [-0.15, -0.1) is 11.8 Å². The number of hydrogen-bond donors (Lipinski definition) is 4. The van der Waals surface area contributed by atoms with Gasteiger partial charge in [0.1, 0.15) is 18.1 Å². The van der Waals surface area contributed by atoms with Gasteiger partial charge in [0.2, 0.25) is 23.6 Å². The Hall–Kier alpha value is -3.61. The minimum atomic E-state index is -1.05. The van der Waals surface area contributed by atoms with E-state index in [2.05, 4.69) is 26.0 Å². The zero-order chi connectivity index (χ0) is 30.1. The van der Waals surface area contributed by atoms with Crippen molar-refractivity contribution in [1.29, 1.82) is 0 Å². The fraction of sp³-hybridized carbons (Fsp3) is 0.556. The summed E-state index contributed by atoms with van der Waals surface area (Å²) in [5.41, 5.74) is 0.838. The Balaban J connectivity index is 2.84. The van der Waals surface area contributed by atoms with Crippen molar-refractivity contribution in [3.05, 3.63) is 35.9 Å². The van der Waals surface area contributed by atoms with Crippen LogP contribution in [0.3, 0.4) is 0 Å². The third-order valence-electron chi connectivity index (χ3n) is 5.57. The van der Waals surface area contributed by atoms with Crippen molar-refractivity contribution in [2.75, 3.05) is 32.3 Å². The average Bonchev–Trinajstić information content (AvgIpc) is 2.94. The molecule has 12 nitrogen and oxygen atoms in total. The van der Waals surface area contributed by atoms with E-state index in [1.807, 2.05) is 44.2 Å². The highest BCUT2D eigenvalue weighted by molar-refractivity contribution is 8.00. The number of esters is 2. The molecule has 13 heteroatoms. The number of carbonyl (C=O) groups excluding carboxylic acids is 6. The quantitative estimate of drug-likeness (QED) is 0.190. The molecule has 0 aliphatic rings. The normalized spacial score (nSPS) is 12.8. The number of carbonyl (C=O) groups is 6. The molecule has 0 heterocycles. The molecule has 1 aromatic carbocycles. The number of rotatable bonds is 17. The monoisotopic (exact) mass is 580 g/mol. The molecule has 0 saturated carbocycles. The van der Waals surface area contributed by atoms with Gasteiger partial charge in [-0.3, -0.25) is 24.0 Å². The van der Waals surface area contributed by atoms with Gasteiger partial charge in [0.15, 0.2) is 0 Å². The number of hydrogen-bond acceptors (Lipinski definition) is 9. The summed E-state index contributed by atoms with van der Waals surface area (Å²) < 4.78 is 9.25. The number of amides is 4.